The van der Waals surface area contributed by atoms with Crippen molar-refractivity contribution >= 4 is 5.97 Å². The molecule has 0 bridgehead atoms. The lowest BCUT2D eigenvalue weighted by Gasteiger charge is -2.04. The van der Waals surface area contributed by atoms with E-state index in [9.17, 15) is 4.79 Å². The van der Waals surface area contributed by atoms with Gasteiger partial charge in [0.1, 0.15) is 0 Å². The van der Waals surface area contributed by atoms with Gasteiger partial charge in [0, 0.05) is 6.42 Å². The van der Waals surface area contributed by atoms with Gasteiger partial charge in [0.05, 0.1) is 0 Å². The number of aliphatic carboxylic acids is 1. The molecule has 0 fully saturated rings. The molecule has 0 heterocycles. The lowest BCUT2D eigenvalue weighted by molar-refractivity contribution is -0.137. The number of rotatable bonds is 12. The Hall–Kier alpha value is -1.57. The van der Waals surface area contributed by atoms with E-state index in [1.165, 1.54) is 36.8 Å². The van der Waals surface area contributed by atoms with Gasteiger partial charge in [0.25, 0.3) is 0 Å². The Bertz CT molecular complexity index is 432. The molecule has 2 nitrogen and oxygen atoms in total. The molecular weight excluding hydrogens is 272 g/mol. The maximum Gasteiger partial charge on any atom is 0.303 e. The molecule has 1 N–H and O–H groups in total. The SMILES string of the molecule is CC/C=C/CCCCCc1ccc(CCCCC(=O)O)cc1. The average molecular weight is 302 g/mol. The van der Waals surface area contributed by atoms with Gasteiger partial charge in [-0.2, -0.15) is 0 Å². The summed E-state index contributed by atoms with van der Waals surface area (Å²) in [6, 6.07) is 8.84. The highest BCUT2D eigenvalue weighted by molar-refractivity contribution is 5.66. The predicted molar refractivity (Wildman–Crippen MR) is 93.2 cm³/mol. The largest absolute Gasteiger partial charge is 0.481 e. The van der Waals surface area contributed by atoms with E-state index >= 15 is 0 Å². The van der Waals surface area contributed by atoms with Crippen LogP contribution in [0.15, 0.2) is 36.4 Å². The maximum absolute atomic E-state index is 10.5. The van der Waals surface area contributed by atoms with E-state index in [0.717, 1.165) is 32.1 Å². The molecule has 1 rings (SSSR count). The molecule has 122 valence electrons. The first-order valence-corrected chi connectivity index (χ1v) is 8.67. The summed E-state index contributed by atoms with van der Waals surface area (Å²) in [5.74, 6) is -0.694. The number of hydrogen-bond acceptors (Lipinski definition) is 1. The summed E-state index contributed by atoms with van der Waals surface area (Å²) < 4.78 is 0. The first-order valence-electron chi connectivity index (χ1n) is 8.67. The molecule has 0 unspecified atom stereocenters. The minimum absolute atomic E-state index is 0.283. The minimum Gasteiger partial charge on any atom is -0.481 e. The molecule has 0 atom stereocenters. The molecule has 0 saturated carbocycles. The molecule has 0 saturated heterocycles. The number of carbonyl (C=O) groups is 1. The van der Waals surface area contributed by atoms with Crippen LogP contribution in [0.1, 0.15) is 69.4 Å². The molecule has 0 spiro atoms. The van der Waals surface area contributed by atoms with Crippen LogP contribution >= 0.6 is 0 Å². The first kappa shape index (κ1) is 18.5. The summed E-state index contributed by atoms with van der Waals surface area (Å²) in [5, 5.41) is 8.61. The molecule has 0 aliphatic carbocycles. The number of hydrogen-bond donors (Lipinski definition) is 1. The Morgan fingerprint density at radius 2 is 1.50 bits per heavy atom. The lowest BCUT2D eigenvalue weighted by atomic mass is 10.0. The summed E-state index contributed by atoms with van der Waals surface area (Å²) >= 11 is 0. The van der Waals surface area contributed by atoms with Crippen molar-refractivity contribution in [3.05, 3.63) is 47.5 Å². The normalized spacial score (nSPS) is 11.1. The molecule has 0 aliphatic heterocycles. The monoisotopic (exact) mass is 302 g/mol. The summed E-state index contributed by atoms with van der Waals surface area (Å²) in [5.41, 5.74) is 2.73. The van der Waals surface area contributed by atoms with E-state index in [1.807, 2.05) is 0 Å². The third kappa shape index (κ3) is 9.38. The molecule has 0 aliphatic rings. The van der Waals surface area contributed by atoms with Crippen molar-refractivity contribution in [2.75, 3.05) is 0 Å². The number of carboxylic acid groups (broad SMARTS) is 1. The molecule has 22 heavy (non-hydrogen) atoms. The van der Waals surface area contributed by atoms with Crippen LogP contribution in [0.2, 0.25) is 0 Å². The van der Waals surface area contributed by atoms with Crippen LogP contribution in [0.25, 0.3) is 0 Å². The van der Waals surface area contributed by atoms with Crippen molar-refractivity contribution in [3.63, 3.8) is 0 Å². The maximum atomic E-state index is 10.5. The van der Waals surface area contributed by atoms with Crippen LogP contribution in [-0.2, 0) is 17.6 Å². The van der Waals surface area contributed by atoms with E-state index in [-0.39, 0.29) is 6.42 Å². The molecule has 1 aromatic rings. The topological polar surface area (TPSA) is 37.3 Å². The Labute approximate surface area is 135 Å². The zero-order valence-corrected chi connectivity index (χ0v) is 13.9. The molecule has 1 aromatic carbocycles. The van der Waals surface area contributed by atoms with Gasteiger partial charge in [-0.05, 0) is 62.5 Å². The van der Waals surface area contributed by atoms with Gasteiger partial charge in [0.15, 0.2) is 0 Å². The van der Waals surface area contributed by atoms with Gasteiger partial charge in [-0.3, -0.25) is 4.79 Å². The molecular formula is C20H30O2. The van der Waals surface area contributed by atoms with Crippen molar-refractivity contribution in [2.24, 2.45) is 0 Å². The van der Waals surface area contributed by atoms with Crippen molar-refractivity contribution in [2.45, 2.75) is 71.1 Å². The van der Waals surface area contributed by atoms with E-state index < -0.39 is 5.97 Å². The smallest absolute Gasteiger partial charge is 0.303 e. The van der Waals surface area contributed by atoms with E-state index in [1.54, 1.807) is 0 Å². The quantitative estimate of drug-likeness (QED) is 0.406. The fourth-order valence-corrected chi connectivity index (χ4v) is 2.53. The van der Waals surface area contributed by atoms with Crippen LogP contribution < -0.4 is 0 Å². The summed E-state index contributed by atoms with van der Waals surface area (Å²) in [4.78, 5) is 10.5. The van der Waals surface area contributed by atoms with Crippen LogP contribution in [0.5, 0.6) is 0 Å². The molecule has 0 aromatic heterocycles. The fourth-order valence-electron chi connectivity index (χ4n) is 2.53. The van der Waals surface area contributed by atoms with Crippen LogP contribution in [0.3, 0.4) is 0 Å². The number of carboxylic acids is 1. The Morgan fingerprint density at radius 3 is 2.05 bits per heavy atom. The number of benzene rings is 1. The van der Waals surface area contributed by atoms with Crippen LogP contribution in [-0.4, -0.2) is 11.1 Å². The third-order valence-corrected chi connectivity index (χ3v) is 3.87. The molecule has 2 heteroatoms. The Morgan fingerprint density at radius 1 is 0.909 bits per heavy atom. The highest BCUT2D eigenvalue weighted by atomic mass is 16.4. The van der Waals surface area contributed by atoms with E-state index in [4.69, 9.17) is 5.11 Å². The fraction of sp³-hybridized carbons (Fsp3) is 0.550. The van der Waals surface area contributed by atoms with Gasteiger partial charge in [-0.15, -0.1) is 0 Å². The minimum atomic E-state index is -0.694. The van der Waals surface area contributed by atoms with Gasteiger partial charge >= 0.3 is 5.97 Å². The van der Waals surface area contributed by atoms with Gasteiger partial charge in [-0.1, -0.05) is 49.8 Å². The standard InChI is InChI=1S/C20H30O2/c1-2-3-4-5-6-7-8-11-18-14-16-19(17-15-18)12-9-10-13-20(21)22/h3-4,14-17H,2,5-13H2,1H3,(H,21,22)/b4-3+. The predicted octanol–water partition coefficient (Wildman–Crippen LogP) is 5.55. The van der Waals surface area contributed by atoms with E-state index in [0.29, 0.717) is 0 Å². The summed E-state index contributed by atoms with van der Waals surface area (Å²) in [6.07, 6.45) is 14.9. The average Bonchev–Trinajstić information content (AvgIpc) is 2.52. The van der Waals surface area contributed by atoms with Gasteiger partial charge in [0.2, 0.25) is 0 Å². The van der Waals surface area contributed by atoms with E-state index in [2.05, 4.69) is 43.3 Å². The van der Waals surface area contributed by atoms with Crippen molar-refractivity contribution < 1.29 is 9.90 Å². The zero-order chi connectivity index (χ0) is 16.0. The van der Waals surface area contributed by atoms with Crippen molar-refractivity contribution in [3.8, 4) is 0 Å². The molecule has 0 radical (unpaired) electrons. The van der Waals surface area contributed by atoms with Crippen LogP contribution in [0, 0.1) is 0 Å². The second-order valence-corrected chi connectivity index (χ2v) is 5.90. The van der Waals surface area contributed by atoms with Crippen molar-refractivity contribution in [1.82, 2.24) is 0 Å². The second-order valence-electron chi connectivity index (χ2n) is 5.90. The zero-order valence-electron chi connectivity index (χ0n) is 13.9. The Kier molecular flexibility index (Phi) is 10.1. The van der Waals surface area contributed by atoms with Gasteiger partial charge < -0.3 is 5.11 Å². The summed E-state index contributed by atoms with van der Waals surface area (Å²) in [6.45, 7) is 2.17. The molecule has 0 amide bonds. The first-order chi connectivity index (χ1) is 10.7. The van der Waals surface area contributed by atoms with Crippen molar-refractivity contribution in [1.29, 1.82) is 0 Å². The highest BCUT2D eigenvalue weighted by Crippen LogP contribution is 2.12. The number of allylic oxidation sites excluding steroid dienone is 2. The Balaban J connectivity index is 2.13. The van der Waals surface area contributed by atoms with Crippen LogP contribution in [0.4, 0.5) is 0 Å². The number of aryl methyl sites for hydroxylation is 2. The van der Waals surface area contributed by atoms with Gasteiger partial charge in [-0.25, -0.2) is 0 Å². The lowest BCUT2D eigenvalue weighted by Crippen LogP contribution is -1.95. The highest BCUT2D eigenvalue weighted by Gasteiger charge is 1.99. The third-order valence-electron chi connectivity index (χ3n) is 3.87. The summed E-state index contributed by atoms with van der Waals surface area (Å²) in [7, 11) is 0. The second kappa shape index (κ2) is 12.0. The number of unbranched alkanes of at least 4 members (excludes halogenated alkanes) is 4.